The van der Waals surface area contributed by atoms with Gasteiger partial charge in [-0.05, 0) is 28.7 Å². The van der Waals surface area contributed by atoms with Gasteiger partial charge in [0.1, 0.15) is 5.75 Å². The minimum atomic E-state index is -0.798. The van der Waals surface area contributed by atoms with Crippen LogP contribution >= 0.6 is 10.0 Å². The molecule has 0 atom stereocenters. The molecule has 0 saturated carbocycles. The second-order valence-corrected chi connectivity index (χ2v) is 8.73. The zero-order valence-corrected chi connectivity index (χ0v) is 11.4. The molecule has 1 aliphatic heterocycles. The summed E-state index contributed by atoms with van der Waals surface area (Å²) in [7, 11) is -0.798. The first kappa shape index (κ1) is 11.9. The number of aromatic hydroxyl groups is 1. The van der Waals surface area contributed by atoms with Crippen LogP contribution in [0.1, 0.15) is 0 Å². The average molecular weight is 262 g/mol. The van der Waals surface area contributed by atoms with Crippen LogP contribution in [0, 0.1) is 0 Å². The van der Waals surface area contributed by atoms with Gasteiger partial charge in [-0.2, -0.15) is 0 Å². The van der Waals surface area contributed by atoms with E-state index >= 15 is 0 Å². The summed E-state index contributed by atoms with van der Waals surface area (Å²) in [5.41, 5.74) is 0. The molecule has 1 saturated heterocycles. The maximum absolute atomic E-state index is 9.96. The van der Waals surface area contributed by atoms with Gasteiger partial charge in [0.15, 0.2) is 0 Å². The Kier molecular flexibility index (Phi) is 2.96. The van der Waals surface area contributed by atoms with Crippen molar-refractivity contribution in [1.29, 1.82) is 0 Å². The highest BCUT2D eigenvalue weighted by Crippen LogP contribution is 2.56. The number of hydrogen-bond acceptors (Lipinski definition) is 2. The van der Waals surface area contributed by atoms with Crippen molar-refractivity contribution in [1.82, 2.24) is 0 Å². The van der Waals surface area contributed by atoms with Crippen LogP contribution in [0.3, 0.4) is 0 Å². The fourth-order valence-electron chi connectivity index (χ4n) is 2.59. The Bertz CT molecular complexity index is 574. The summed E-state index contributed by atoms with van der Waals surface area (Å²) >= 11 is 0. The van der Waals surface area contributed by atoms with Crippen LogP contribution in [-0.4, -0.2) is 36.1 Å². The third-order valence-electron chi connectivity index (χ3n) is 3.75. The van der Waals surface area contributed by atoms with Crippen molar-refractivity contribution >= 4 is 20.8 Å². The summed E-state index contributed by atoms with van der Waals surface area (Å²) in [6.45, 7) is 1.72. The molecule has 96 valence electrons. The molecular formula is C15H18O2S. The molecule has 0 unspecified atom stereocenters. The van der Waals surface area contributed by atoms with Crippen LogP contribution in [0.15, 0.2) is 41.3 Å². The van der Waals surface area contributed by atoms with Gasteiger partial charge in [-0.15, -0.1) is 0 Å². The standard InChI is InChI=1S/C15H18O2S/c1-18(10-8-17-9-11-18)15-7-6-14(16)12-4-2-3-5-13(12)15/h2-7,16H,8-11H2,1H3. The molecule has 0 spiro atoms. The van der Waals surface area contributed by atoms with Crippen molar-refractivity contribution in [2.45, 2.75) is 4.90 Å². The molecular weight excluding hydrogens is 244 g/mol. The summed E-state index contributed by atoms with van der Waals surface area (Å²) in [5, 5.41) is 12.1. The number of phenols is 1. The summed E-state index contributed by atoms with van der Waals surface area (Å²) in [5.74, 6) is 2.63. The van der Waals surface area contributed by atoms with Gasteiger partial charge in [0.2, 0.25) is 0 Å². The fraction of sp³-hybridized carbons (Fsp3) is 0.333. The zero-order valence-electron chi connectivity index (χ0n) is 10.6. The minimum absolute atomic E-state index is 0.379. The van der Waals surface area contributed by atoms with Gasteiger partial charge < -0.3 is 9.84 Å². The van der Waals surface area contributed by atoms with Crippen LogP contribution in [-0.2, 0) is 4.74 Å². The van der Waals surface area contributed by atoms with E-state index < -0.39 is 10.0 Å². The molecule has 0 aliphatic carbocycles. The monoisotopic (exact) mass is 262 g/mol. The highest BCUT2D eigenvalue weighted by molar-refractivity contribution is 8.33. The highest BCUT2D eigenvalue weighted by Gasteiger charge is 2.26. The quantitative estimate of drug-likeness (QED) is 0.854. The third kappa shape index (κ3) is 1.88. The van der Waals surface area contributed by atoms with Crippen molar-refractivity contribution in [3.8, 4) is 5.75 Å². The van der Waals surface area contributed by atoms with E-state index in [1.165, 1.54) is 10.3 Å². The van der Waals surface area contributed by atoms with E-state index in [1.54, 1.807) is 0 Å². The van der Waals surface area contributed by atoms with Gasteiger partial charge >= 0.3 is 0 Å². The van der Waals surface area contributed by atoms with Crippen molar-refractivity contribution in [3.05, 3.63) is 36.4 Å². The van der Waals surface area contributed by atoms with Crippen LogP contribution in [0.5, 0.6) is 5.75 Å². The summed E-state index contributed by atoms with van der Waals surface area (Å²) in [4.78, 5) is 1.42. The molecule has 2 aromatic carbocycles. The highest BCUT2D eigenvalue weighted by atomic mass is 32.3. The molecule has 0 bridgehead atoms. The lowest BCUT2D eigenvalue weighted by molar-refractivity contribution is 0.159. The van der Waals surface area contributed by atoms with Crippen LogP contribution in [0.4, 0.5) is 0 Å². The van der Waals surface area contributed by atoms with Gasteiger partial charge in [-0.1, -0.05) is 24.3 Å². The average Bonchev–Trinajstić information content (AvgIpc) is 2.40. The molecule has 0 amide bonds. The van der Waals surface area contributed by atoms with E-state index in [1.807, 2.05) is 24.3 Å². The van der Waals surface area contributed by atoms with E-state index in [9.17, 15) is 5.11 Å². The smallest absolute Gasteiger partial charge is 0.123 e. The molecule has 2 aromatic rings. The Morgan fingerprint density at radius 3 is 2.39 bits per heavy atom. The molecule has 1 heterocycles. The summed E-state index contributed by atoms with van der Waals surface area (Å²) < 4.78 is 5.49. The Morgan fingerprint density at radius 1 is 1.00 bits per heavy atom. The Balaban J connectivity index is 2.20. The van der Waals surface area contributed by atoms with Gasteiger partial charge in [0.25, 0.3) is 0 Å². The van der Waals surface area contributed by atoms with Crippen LogP contribution < -0.4 is 0 Å². The van der Waals surface area contributed by atoms with Gasteiger partial charge in [0, 0.05) is 16.9 Å². The minimum Gasteiger partial charge on any atom is -0.507 e. The Labute approximate surface area is 109 Å². The molecule has 1 aliphatic rings. The summed E-state index contributed by atoms with van der Waals surface area (Å²) in [6.07, 6.45) is 2.38. The lowest BCUT2D eigenvalue weighted by atomic mass is 10.1. The number of hydrogen-bond donors (Lipinski definition) is 1. The van der Waals surface area contributed by atoms with E-state index in [2.05, 4.69) is 18.4 Å². The van der Waals surface area contributed by atoms with Crippen LogP contribution in [0.2, 0.25) is 0 Å². The number of phenolic OH excluding ortho intramolecular Hbond substituents is 1. The first-order valence-electron chi connectivity index (χ1n) is 6.23. The maximum atomic E-state index is 9.96. The van der Waals surface area contributed by atoms with Crippen molar-refractivity contribution in [2.24, 2.45) is 0 Å². The third-order valence-corrected chi connectivity index (χ3v) is 7.30. The maximum Gasteiger partial charge on any atom is 0.123 e. The first-order valence-corrected chi connectivity index (χ1v) is 8.61. The van der Waals surface area contributed by atoms with Gasteiger partial charge in [-0.25, -0.2) is 10.0 Å². The number of ether oxygens (including phenoxy) is 1. The molecule has 1 fully saturated rings. The summed E-state index contributed by atoms with van der Waals surface area (Å²) in [6, 6.07) is 12.1. The normalized spacial score (nSPS) is 20.7. The second-order valence-electron chi connectivity index (χ2n) is 4.92. The van der Waals surface area contributed by atoms with Gasteiger partial charge in [-0.3, -0.25) is 0 Å². The van der Waals surface area contributed by atoms with E-state index in [-0.39, 0.29) is 0 Å². The lowest BCUT2D eigenvalue weighted by Gasteiger charge is -2.40. The number of fused-ring (bicyclic) bond motifs is 1. The van der Waals surface area contributed by atoms with E-state index in [0.717, 1.165) is 30.1 Å². The largest absolute Gasteiger partial charge is 0.507 e. The van der Waals surface area contributed by atoms with Crippen molar-refractivity contribution in [2.75, 3.05) is 31.0 Å². The van der Waals surface area contributed by atoms with E-state index in [4.69, 9.17) is 4.74 Å². The topological polar surface area (TPSA) is 29.5 Å². The molecule has 0 radical (unpaired) electrons. The zero-order chi connectivity index (χ0) is 12.6. The Hall–Kier alpha value is -1.19. The van der Waals surface area contributed by atoms with Crippen LogP contribution in [0.25, 0.3) is 10.8 Å². The molecule has 18 heavy (non-hydrogen) atoms. The van der Waals surface area contributed by atoms with Crippen molar-refractivity contribution in [3.63, 3.8) is 0 Å². The molecule has 0 aromatic heterocycles. The first-order chi connectivity index (χ1) is 8.71. The SMILES string of the molecule is CS1(c2ccc(O)c3ccccc23)CCOCC1. The van der Waals surface area contributed by atoms with Crippen molar-refractivity contribution < 1.29 is 9.84 Å². The van der Waals surface area contributed by atoms with E-state index in [0.29, 0.717) is 5.75 Å². The lowest BCUT2D eigenvalue weighted by Crippen LogP contribution is -2.23. The fourth-order valence-corrected chi connectivity index (χ4v) is 5.32. The number of rotatable bonds is 1. The Morgan fingerprint density at radius 2 is 1.67 bits per heavy atom. The molecule has 3 heteroatoms. The predicted molar refractivity (Wildman–Crippen MR) is 77.9 cm³/mol. The number of benzene rings is 2. The second kappa shape index (κ2) is 4.48. The molecule has 1 N–H and O–H groups in total. The van der Waals surface area contributed by atoms with Gasteiger partial charge in [0.05, 0.1) is 13.2 Å². The molecule has 2 nitrogen and oxygen atoms in total. The molecule has 3 rings (SSSR count). The predicted octanol–water partition coefficient (Wildman–Crippen LogP) is 3.37.